The highest BCUT2D eigenvalue weighted by molar-refractivity contribution is 9.11. The number of rotatable bonds is 5. The van der Waals surface area contributed by atoms with Gasteiger partial charge in [-0.3, -0.25) is 4.79 Å². The quantitative estimate of drug-likeness (QED) is 0.850. The maximum atomic E-state index is 11.5. The van der Waals surface area contributed by atoms with Crippen LogP contribution in [0.1, 0.15) is 19.4 Å². The molecule has 1 aromatic heterocycles. The normalized spacial score (nSPS) is 12.8. The number of esters is 1. The topological polar surface area (TPSA) is 38.3 Å². The zero-order valence-corrected chi connectivity index (χ0v) is 12.0. The summed E-state index contributed by atoms with van der Waals surface area (Å²) in [5.41, 5.74) is 1.17. The molecule has 0 aromatic carbocycles. The van der Waals surface area contributed by atoms with Gasteiger partial charge in [0.25, 0.3) is 0 Å². The van der Waals surface area contributed by atoms with Crippen LogP contribution in [-0.4, -0.2) is 19.1 Å². The van der Waals surface area contributed by atoms with Crippen LogP contribution in [0.25, 0.3) is 0 Å². The molecule has 5 heteroatoms. The number of methoxy groups -OCH3 is 1. The minimum Gasteiger partial charge on any atom is -0.468 e. The number of carbonyl (C=O) groups excluding carboxylic acids is 1. The second-order valence-electron chi connectivity index (χ2n) is 3.88. The van der Waals surface area contributed by atoms with Gasteiger partial charge in [0.15, 0.2) is 0 Å². The molecule has 0 fully saturated rings. The van der Waals surface area contributed by atoms with E-state index < -0.39 is 0 Å². The van der Waals surface area contributed by atoms with Gasteiger partial charge < -0.3 is 10.1 Å². The van der Waals surface area contributed by atoms with E-state index in [1.54, 1.807) is 11.3 Å². The first-order valence-corrected chi connectivity index (χ1v) is 6.76. The van der Waals surface area contributed by atoms with Crippen molar-refractivity contribution < 1.29 is 9.53 Å². The molecule has 0 unspecified atom stereocenters. The van der Waals surface area contributed by atoms with Gasteiger partial charge in [0, 0.05) is 6.54 Å². The molecule has 0 aliphatic rings. The van der Waals surface area contributed by atoms with Gasteiger partial charge in [-0.1, -0.05) is 13.8 Å². The van der Waals surface area contributed by atoms with Crippen LogP contribution in [0.4, 0.5) is 0 Å². The van der Waals surface area contributed by atoms with Crippen LogP contribution in [0.2, 0.25) is 0 Å². The summed E-state index contributed by atoms with van der Waals surface area (Å²) >= 11 is 5.05. The van der Waals surface area contributed by atoms with Gasteiger partial charge in [0.2, 0.25) is 0 Å². The number of hydrogen-bond acceptors (Lipinski definition) is 4. The van der Waals surface area contributed by atoms with Gasteiger partial charge in [-0.05, 0) is 38.9 Å². The lowest BCUT2D eigenvalue weighted by atomic mass is 10.0. The summed E-state index contributed by atoms with van der Waals surface area (Å²) in [6.07, 6.45) is 0. The van der Waals surface area contributed by atoms with E-state index in [0.29, 0.717) is 6.54 Å². The van der Waals surface area contributed by atoms with Crippen molar-refractivity contribution in [2.24, 2.45) is 5.92 Å². The molecule has 0 radical (unpaired) electrons. The molecule has 16 heavy (non-hydrogen) atoms. The van der Waals surface area contributed by atoms with Crippen molar-refractivity contribution in [1.82, 2.24) is 5.32 Å². The SMILES string of the molecule is COC(=O)[C@@H](NCc1csc(Br)c1)C(C)C. The summed E-state index contributed by atoms with van der Waals surface area (Å²) < 4.78 is 5.86. The molecule has 1 rings (SSSR count). The molecule has 3 nitrogen and oxygen atoms in total. The van der Waals surface area contributed by atoms with Crippen molar-refractivity contribution in [3.63, 3.8) is 0 Å². The molecule has 1 aromatic rings. The first kappa shape index (κ1) is 13.7. The van der Waals surface area contributed by atoms with E-state index in [1.807, 2.05) is 19.9 Å². The van der Waals surface area contributed by atoms with Gasteiger partial charge in [0.05, 0.1) is 10.9 Å². The predicted octanol–water partition coefficient (Wildman–Crippen LogP) is 2.80. The van der Waals surface area contributed by atoms with E-state index in [9.17, 15) is 4.79 Å². The lowest BCUT2D eigenvalue weighted by Crippen LogP contribution is -2.41. The molecular formula is C11H16BrNO2S. The first-order valence-electron chi connectivity index (χ1n) is 5.08. The van der Waals surface area contributed by atoms with Gasteiger partial charge in [0.1, 0.15) is 6.04 Å². The van der Waals surface area contributed by atoms with E-state index in [0.717, 1.165) is 3.79 Å². The van der Waals surface area contributed by atoms with Gasteiger partial charge in [-0.15, -0.1) is 11.3 Å². The van der Waals surface area contributed by atoms with Crippen LogP contribution in [0, 0.1) is 5.92 Å². The number of halogens is 1. The molecule has 0 spiro atoms. The molecule has 1 heterocycles. The fraction of sp³-hybridized carbons (Fsp3) is 0.545. The number of hydrogen-bond donors (Lipinski definition) is 1. The molecule has 0 aliphatic heterocycles. The Bertz CT molecular complexity index is 352. The van der Waals surface area contributed by atoms with E-state index in [4.69, 9.17) is 4.74 Å². The minimum atomic E-state index is -0.247. The summed E-state index contributed by atoms with van der Waals surface area (Å²) in [7, 11) is 1.42. The Morgan fingerprint density at radius 3 is 2.75 bits per heavy atom. The van der Waals surface area contributed by atoms with Gasteiger partial charge in [-0.25, -0.2) is 0 Å². The van der Waals surface area contributed by atoms with Crippen molar-refractivity contribution in [1.29, 1.82) is 0 Å². The molecule has 90 valence electrons. The number of nitrogens with one attached hydrogen (secondary N) is 1. The summed E-state index contributed by atoms with van der Waals surface area (Å²) in [4.78, 5) is 11.5. The first-order chi connectivity index (χ1) is 7.54. The zero-order valence-electron chi connectivity index (χ0n) is 9.62. The van der Waals surface area contributed by atoms with Crippen LogP contribution in [0.15, 0.2) is 15.2 Å². The third kappa shape index (κ3) is 3.88. The van der Waals surface area contributed by atoms with E-state index in [2.05, 4.69) is 26.6 Å². The Kier molecular flexibility index (Phi) is 5.44. The van der Waals surface area contributed by atoms with Crippen LogP contribution < -0.4 is 5.32 Å². The minimum absolute atomic E-state index is 0.204. The average molecular weight is 306 g/mol. The van der Waals surface area contributed by atoms with Crippen molar-refractivity contribution >= 4 is 33.2 Å². The highest BCUT2D eigenvalue weighted by Gasteiger charge is 2.22. The average Bonchev–Trinajstić information content (AvgIpc) is 2.63. The Morgan fingerprint density at radius 1 is 1.62 bits per heavy atom. The predicted molar refractivity (Wildman–Crippen MR) is 69.5 cm³/mol. The number of carbonyl (C=O) groups is 1. The number of thiophene rings is 1. The Hall–Kier alpha value is -0.390. The summed E-state index contributed by atoms with van der Waals surface area (Å²) in [6.45, 7) is 4.68. The maximum absolute atomic E-state index is 11.5. The molecular weight excluding hydrogens is 290 g/mol. The van der Waals surface area contributed by atoms with Gasteiger partial charge in [-0.2, -0.15) is 0 Å². The molecule has 0 bridgehead atoms. The molecule has 1 atom stereocenters. The summed E-state index contributed by atoms with van der Waals surface area (Å²) in [5.74, 6) is 0.0128. The second-order valence-corrected chi connectivity index (χ2v) is 6.18. The highest BCUT2D eigenvalue weighted by atomic mass is 79.9. The van der Waals surface area contributed by atoms with Crippen molar-refractivity contribution in [3.8, 4) is 0 Å². The molecule has 0 saturated carbocycles. The standard InChI is InChI=1S/C11H16BrNO2S/c1-7(2)10(11(14)15-3)13-5-8-4-9(12)16-6-8/h4,6-7,10,13H,5H2,1-3H3/t10-/m0/s1. The van der Waals surface area contributed by atoms with Crippen LogP contribution in [-0.2, 0) is 16.1 Å². The third-order valence-electron chi connectivity index (χ3n) is 2.27. The summed E-state index contributed by atoms with van der Waals surface area (Å²) in [5, 5.41) is 5.27. The Labute approximate surface area is 108 Å². The van der Waals surface area contributed by atoms with Gasteiger partial charge >= 0.3 is 5.97 Å². The van der Waals surface area contributed by atoms with E-state index in [1.165, 1.54) is 12.7 Å². The number of ether oxygens (including phenoxy) is 1. The molecule has 0 aliphatic carbocycles. The van der Waals surface area contributed by atoms with Crippen LogP contribution in [0.3, 0.4) is 0 Å². The van der Waals surface area contributed by atoms with Crippen LogP contribution >= 0.6 is 27.3 Å². The lowest BCUT2D eigenvalue weighted by Gasteiger charge is -2.19. The smallest absolute Gasteiger partial charge is 0.323 e. The van der Waals surface area contributed by atoms with Crippen LogP contribution in [0.5, 0.6) is 0 Å². The highest BCUT2D eigenvalue weighted by Crippen LogP contribution is 2.20. The fourth-order valence-electron chi connectivity index (χ4n) is 1.38. The van der Waals surface area contributed by atoms with Crippen molar-refractivity contribution in [2.75, 3.05) is 7.11 Å². The lowest BCUT2D eigenvalue weighted by molar-refractivity contribution is -0.144. The zero-order chi connectivity index (χ0) is 12.1. The summed E-state index contributed by atoms with van der Waals surface area (Å²) in [6, 6.07) is 1.80. The monoisotopic (exact) mass is 305 g/mol. The molecule has 1 N–H and O–H groups in total. The second kappa shape index (κ2) is 6.37. The third-order valence-corrected chi connectivity index (χ3v) is 3.82. The molecule has 0 saturated heterocycles. The van der Waals surface area contributed by atoms with E-state index in [-0.39, 0.29) is 17.9 Å². The van der Waals surface area contributed by atoms with E-state index >= 15 is 0 Å². The Morgan fingerprint density at radius 2 is 2.31 bits per heavy atom. The fourth-order valence-corrected chi connectivity index (χ4v) is 2.59. The van der Waals surface area contributed by atoms with Crippen molar-refractivity contribution in [2.45, 2.75) is 26.4 Å². The van der Waals surface area contributed by atoms with Crippen molar-refractivity contribution in [3.05, 3.63) is 20.8 Å². The molecule has 0 amide bonds. The Balaban J connectivity index is 2.53. The largest absolute Gasteiger partial charge is 0.468 e. The maximum Gasteiger partial charge on any atom is 0.323 e.